The minimum atomic E-state index is -1.23. The van der Waals surface area contributed by atoms with Crippen LogP contribution in [0.25, 0.3) is 0 Å². The van der Waals surface area contributed by atoms with Gasteiger partial charge in [0.1, 0.15) is 0 Å². The highest BCUT2D eigenvalue weighted by Crippen LogP contribution is 2.07. The van der Waals surface area contributed by atoms with Crippen LogP contribution in [-0.2, 0) is 4.79 Å². The largest absolute Gasteiger partial charge is 0.285 e. The molecule has 1 nitrogen and oxygen atoms in total. The van der Waals surface area contributed by atoms with Crippen LogP contribution in [0.4, 0.5) is 0 Å². The standard InChI is InChI=1S/C7H12OSi/c1-5-7(8)6-9(2,3)4/h1H,6H2,2-4H3. The van der Waals surface area contributed by atoms with Gasteiger partial charge >= 0.3 is 0 Å². The van der Waals surface area contributed by atoms with Crippen LogP contribution in [0.15, 0.2) is 0 Å². The minimum Gasteiger partial charge on any atom is -0.285 e. The lowest BCUT2D eigenvalue weighted by Crippen LogP contribution is -2.22. The number of carbonyl (C=O) groups is 1. The molecule has 2 heteroatoms. The summed E-state index contributed by atoms with van der Waals surface area (Å²) in [5.41, 5.74) is 0. The van der Waals surface area contributed by atoms with Crippen molar-refractivity contribution in [2.24, 2.45) is 0 Å². The van der Waals surface area contributed by atoms with Gasteiger partial charge in [0.25, 0.3) is 0 Å². The zero-order valence-corrected chi connectivity index (χ0v) is 7.19. The van der Waals surface area contributed by atoms with Gasteiger partial charge in [-0.15, -0.1) is 6.42 Å². The molecule has 0 spiro atoms. The maximum absolute atomic E-state index is 10.6. The topological polar surface area (TPSA) is 17.1 Å². The normalized spacial score (nSPS) is 10.4. The van der Waals surface area contributed by atoms with Gasteiger partial charge in [-0.1, -0.05) is 19.6 Å². The van der Waals surface area contributed by atoms with Crippen molar-refractivity contribution in [3.63, 3.8) is 0 Å². The first-order valence-electron chi connectivity index (χ1n) is 2.95. The SMILES string of the molecule is C#CC(=O)C[Si](C)(C)C. The fourth-order valence-electron chi connectivity index (χ4n) is 0.533. The number of rotatable bonds is 2. The van der Waals surface area contributed by atoms with E-state index in [2.05, 4.69) is 25.6 Å². The Morgan fingerprint density at radius 1 is 1.56 bits per heavy atom. The molecule has 0 fully saturated rings. The molecule has 0 N–H and O–H groups in total. The van der Waals surface area contributed by atoms with Crippen LogP contribution < -0.4 is 0 Å². The first-order chi connectivity index (χ1) is 3.95. The summed E-state index contributed by atoms with van der Waals surface area (Å²) in [6, 6.07) is 0.615. The summed E-state index contributed by atoms with van der Waals surface area (Å²) in [6.07, 6.45) is 4.90. The van der Waals surface area contributed by atoms with Gasteiger partial charge < -0.3 is 0 Å². The van der Waals surface area contributed by atoms with E-state index >= 15 is 0 Å². The van der Waals surface area contributed by atoms with Crippen molar-refractivity contribution in [2.75, 3.05) is 0 Å². The Bertz CT molecular complexity index is 147. The van der Waals surface area contributed by atoms with E-state index in [0.29, 0.717) is 6.04 Å². The molecule has 0 aromatic rings. The molecule has 50 valence electrons. The lowest BCUT2D eigenvalue weighted by atomic mass is 10.5. The molecule has 0 aromatic heterocycles. The second-order valence-corrected chi connectivity index (χ2v) is 8.78. The highest BCUT2D eigenvalue weighted by molar-refractivity contribution is 6.79. The molecule has 0 amide bonds. The molecule has 0 saturated carbocycles. The molecule has 0 rings (SSSR count). The van der Waals surface area contributed by atoms with Crippen molar-refractivity contribution >= 4 is 13.9 Å². The van der Waals surface area contributed by atoms with Crippen molar-refractivity contribution in [1.82, 2.24) is 0 Å². The summed E-state index contributed by atoms with van der Waals surface area (Å²) in [5.74, 6) is 2.07. The van der Waals surface area contributed by atoms with E-state index in [9.17, 15) is 4.79 Å². The van der Waals surface area contributed by atoms with E-state index in [1.165, 1.54) is 0 Å². The third kappa shape index (κ3) is 5.32. The second-order valence-electron chi connectivity index (χ2n) is 3.30. The Morgan fingerprint density at radius 3 is 2.11 bits per heavy atom. The Balaban J connectivity index is 3.78. The molecule has 0 heterocycles. The molecule has 0 aliphatic rings. The number of ketones is 1. The van der Waals surface area contributed by atoms with Gasteiger partial charge in [-0.05, 0) is 5.92 Å². The number of Topliss-reactive ketones (excluding diaryl/α,β-unsaturated/α-hetero) is 1. The zero-order chi connectivity index (χ0) is 7.49. The summed E-state index contributed by atoms with van der Waals surface area (Å²) in [4.78, 5) is 10.6. The number of hydrogen-bond donors (Lipinski definition) is 0. The summed E-state index contributed by atoms with van der Waals surface area (Å²) >= 11 is 0. The van der Waals surface area contributed by atoms with Gasteiger partial charge in [0.15, 0.2) is 0 Å². The highest BCUT2D eigenvalue weighted by Gasteiger charge is 2.15. The monoisotopic (exact) mass is 140 g/mol. The molecule has 0 bridgehead atoms. The van der Waals surface area contributed by atoms with E-state index < -0.39 is 8.07 Å². The van der Waals surface area contributed by atoms with Crippen LogP contribution in [0.1, 0.15) is 0 Å². The van der Waals surface area contributed by atoms with Gasteiger partial charge in [-0.25, -0.2) is 0 Å². The van der Waals surface area contributed by atoms with Crippen molar-refractivity contribution in [2.45, 2.75) is 25.7 Å². The third-order valence-corrected chi connectivity index (χ3v) is 2.23. The minimum absolute atomic E-state index is 0.0471. The molecular formula is C7H12OSi. The predicted molar refractivity (Wildman–Crippen MR) is 42.0 cm³/mol. The van der Waals surface area contributed by atoms with Crippen molar-refractivity contribution in [1.29, 1.82) is 0 Å². The van der Waals surface area contributed by atoms with Crippen molar-refractivity contribution < 1.29 is 4.79 Å². The van der Waals surface area contributed by atoms with Crippen LogP contribution in [0.2, 0.25) is 25.7 Å². The molecule has 0 radical (unpaired) electrons. The molecule has 0 atom stereocenters. The van der Waals surface area contributed by atoms with Gasteiger partial charge in [0, 0.05) is 6.04 Å². The third-order valence-electron chi connectivity index (χ3n) is 0.852. The van der Waals surface area contributed by atoms with Crippen LogP contribution in [0, 0.1) is 12.3 Å². The lowest BCUT2D eigenvalue weighted by Gasteiger charge is -2.10. The average Bonchev–Trinajstić information content (AvgIpc) is 1.62. The number of hydrogen-bond acceptors (Lipinski definition) is 1. The number of carbonyl (C=O) groups excluding carboxylic acids is 1. The number of terminal acetylenes is 1. The first kappa shape index (κ1) is 8.45. The molecule has 0 aromatic carbocycles. The van der Waals surface area contributed by atoms with Gasteiger partial charge in [0.05, 0.1) is 8.07 Å². The van der Waals surface area contributed by atoms with E-state index in [0.717, 1.165) is 0 Å². The summed E-state index contributed by atoms with van der Waals surface area (Å²) in [5, 5.41) is 0. The van der Waals surface area contributed by atoms with E-state index in [1.54, 1.807) is 0 Å². The van der Waals surface area contributed by atoms with Crippen LogP contribution in [0.5, 0.6) is 0 Å². The van der Waals surface area contributed by atoms with Gasteiger partial charge in [0.2, 0.25) is 5.78 Å². The zero-order valence-electron chi connectivity index (χ0n) is 6.19. The molecule has 0 saturated heterocycles. The summed E-state index contributed by atoms with van der Waals surface area (Å²) in [7, 11) is -1.23. The van der Waals surface area contributed by atoms with Crippen LogP contribution in [-0.4, -0.2) is 13.9 Å². The fraction of sp³-hybridized carbons (Fsp3) is 0.571. The van der Waals surface area contributed by atoms with E-state index in [-0.39, 0.29) is 5.78 Å². The highest BCUT2D eigenvalue weighted by atomic mass is 28.3. The molecular weight excluding hydrogens is 128 g/mol. The Morgan fingerprint density at radius 2 is 2.00 bits per heavy atom. The predicted octanol–water partition coefficient (Wildman–Crippen LogP) is 1.53. The van der Waals surface area contributed by atoms with E-state index in [4.69, 9.17) is 6.42 Å². The molecule has 0 aliphatic heterocycles. The van der Waals surface area contributed by atoms with Crippen molar-refractivity contribution in [3.8, 4) is 12.3 Å². The summed E-state index contributed by atoms with van der Waals surface area (Å²) < 4.78 is 0. The fourth-order valence-corrected chi connectivity index (χ4v) is 1.60. The Kier molecular flexibility index (Phi) is 2.66. The van der Waals surface area contributed by atoms with Crippen LogP contribution in [0.3, 0.4) is 0 Å². The first-order valence-corrected chi connectivity index (χ1v) is 6.66. The Hall–Kier alpha value is -0.553. The molecule has 0 aliphatic carbocycles. The average molecular weight is 140 g/mol. The maximum Gasteiger partial charge on any atom is 0.202 e. The van der Waals surface area contributed by atoms with Gasteiger partial charge in [-0.2, -0.15) is 0 Å². The van der Waals surface area contributed by atoms with E-state index in [1.807, 2.05) is 0 Å². The second kappa shape index (κ2) is 2.84. The molecule has 9 heavy (non-hydrogen) atoms. The smallest absolute Gasteiger partial charge is 0.202 e. The summed E-state index contributed by atoms with van der Waals surface area (Å²) in [6.45, 7) is 6.38. The van der Waals surface area contributed by atoms with Gasteiger partial charge in [-0.3, -0.25) is 4.79 Å². The molecule has 0 unspecified atom stereocenters. The van der Waals surface area contributed by atoms with Crippen molar-refractivity contribution in [3.05, 3.63) is 0 Å². The lowest BCUT2D eigenvalue weighted by molar-refractivity contribution is -0.111. The quantitative estimate of drug-likeness (QED) is 0.323. The van der Waals surface area contributed by atoms with Crippen LogP contribution >= 0.6 is 0 Å². The maximum atomic E-state index is 10.6. The Labute approximate surface area is 57.5 Å².